The van der Waals surface area contributed by atoms with E-state index < -0.39 is 18.2 Å². The van der Waals surface area contributed by atoms with E-state index in [4.69, 9.17) is 4.74 Å². The Balaban J connectivity index is 4.58. The van der Waals surface area contributed by atoms with E-state index in [1.807, 2.05) is 6.08 Å². The molecule has 3 atom stereocenters. The molecule has 0 bridgehead atoms. The average molecular weight is 678 g/mol. The van der Waals surface area contributed by atoms with Crippen LogP contribution in [0.25, 0.3) is 0 Å². The minimum absolute atomic E-state index is 0.0576. The fourth-order valence-electron chi connectivity index (χ4n) is 6.13. The van der Waals surface area contributed by atoms with Gasteiger partial charge in [0.1, 0.15) is 6.10 Å². The Kier molecular flexibility index (Phi) is 35.3. The van der Waals surface area contributed by atoms with Crippen molar-refractivity contribution in [3.63, 3.8) is 0 Å². The minimum atomic E-state index is -0.787. The van der Waals surface area contributed by atoms with Gasteiger partial charge in [-0.1, -0.05) is 173 Å². The number of ether oxygens (including phenoxy) is 1. The van der Waals surface area contributed by atoms with Crippen LogP contribution in [-0.2, 0) is 14.3 Å². The molecule has 6 heteroatoms. The summed E-state index contributed by atoms with van der Waals surface area (Å²) in [7, 11) is 0. The lowest BCUT2D eigenvalue weighted by Crippen LogP contribution is -2.46. The van der Waals surface area contributed by atoms with E-state index in [0.29, 0.717) is 25.7 Å². The first-order valence-corrected chi connectivity index (χ1v) is 20.6. The molecule has 0 aromatic heterocycles. The SMILES string of the molecule is CCCCCCCC/C=C\C/C=C/CCC(=O)OC(CCCCCCCCC)CC(=O)NC(CO)C(O)CCCCCCCCCCC. The van der Waals surface area contributed by atoms with Crippen LogP contribution in [0.5, 0.6) is 0 Å². The molecule has 0 aliphatic rings. The number of rotatable bonds is 36. The molecule has 0 saturated carbocycles. The van der Waals surface area contributed by atoms with Crippen molar-refractivity contribution in [3.05, 3.63) is 24.3 Å². The molecular formula is C42H79NO5. The average Bonchev–Trinajstić information content (AvgIpc) is 3.07. The smallest absolute Gasteiger partial charge is 0.306 e. The molecule has 0 fully saturated rings. The standard InChI is InChI=1S/C42H79NO5/c1-4-7-10-13-16-18-19-20-21-23-26-29-32-35-42(47)48-38(33-30-27-24-15-12-9-6-3)36-41(46)43-39(37-44)40(45)34-31-28-25-22-17-14-11-8-5-2/h20-21,26,29,38-40,44-45H,4-19,22-25,27-28,30-37H2,1-3H3,(H,43,46)/b21-20-,29-26+. The van der Waals surface area contributed by atoms with E-state index in [1.165, 1.54) is 103 Å². The molecular weight excluding hydrogens is 598 g/mol. The second-order valence-electron chi connectivity index (χ2n) is 14.0. The number of allylic oxidation sites excluding steroid dienone is 4. The van der Waals surface area contributed by atoms with E-state index in [-0.39, 0.29) is 24.9 Å². The van der Waals surface area contributed by atoms with Gasteiger partial charge in [-0.3, -0.25) is 9.59 Å². The molecule has 6 nitrogen and oxygen atoms in total. The quantitative estimate of drug-likeness (QED) is 0.0348. The Morgan fingerprint density at radius 3 is 1.58 bits per heavy atom. The zero-order chi connectivity index (χ0) is 35.3. The highest BCUT2D eigenvalue weighted by Crippen LogP contribution is 2.16. The number of hydrogen-bond donors (Lipinski definition) is 3. The number of aliphatic hydroxyl groups is 2. The highest BCUT2D eigenvalue weighted by atomic mass is 16.5. The van der Waals surface area contributed by atoms with E-state index >= 15 is 0 Å². The van der Waals surface area contributed by atoms with Crippen molar-refractivity contribution in [2.24, 2.45) is 0 Å². The zero-order valence-corrected chi connectivity index (χ0v) is 31.9. The van der Waals surface area contributed by atoms with Crippen LogP contribution < -0.4 is 5.32 Å². The van der Waals surface area contributed by atoms with Gasteiger partial charge in [-0.05, 0) is 44.9 Å². The lowest BCUT2D eigenvalue weighted by atomic mass is 10.0. The highest BCUT2D eigenvalue weighted by Gasteiger charge is 2.23. The van der Waals surface area contributed by atoms with E-state index in [9.17, 15) is 19.8 Å². The topological polar surface area (TPSA) is 95.9 Å². The van der Waals surface area contributed by atoms with Crippen molar-refractivity contribution in [2.45, 2.75) is 225 Å². The third-order valence-electron chi connectivity index (χ3n) is 9.30. The summed E-state index contributed by atoms with van der Waals surface area (Å²) in [4.78, 5) is 25.7. The van der Waals surface area contributed by atoms with Crippen LogP contribution in [0.3, 0.4) is 0 Å². The van der Waals surface area contributed by atoms with E-state index in [0.717, 1.165) is 51.4 Å². The molecule has 48 heavy (non-hydrogen) atoms. The molecule has 1 amide bonds. The van der Waals surface area contributed by atoms with Gasteiger partial charge >= 0.3 is 5.97 Å². The predicted molar refractivity (Wildman–Crippen MR) is 204 cm³/mol. The molecule has 0 aliphatic carbocycles. The lowest BCUT2D eigenvalue weighted by molar-refractivity contribution is -0.150. The summed E-state index contributed by atoms with van der Waals surface area (Å²) >= 11 is 0. The van der Waals surface area contributed by atoms with Crippen LogP contribution in [0.15, 0.2) is 24.3 Å². The van der Waals surface area contributed by atoms with Gasteiger partial charge in [0.05, 0.1) is 25.2 Å². The Hall–Kier alpha value is -1.66. The summed E-state index contributed by atoms with van der Waals surface area (Å²) in [6.45, 7) is 6.38. The molecule has 0 aliphatic heterocycles. The molecule has 0 heterocycles. The van der Waals surface area contributed by atoms with Crippen molar-refractivity contribution < 1.29 is 24.5 Å². The number of carbonyl (C=O) groups is 2. The molecule has 0 aromatic carbocycles. The van der Waals surface area contributed by atoms with Gasteiger partial charge in [0.2, 0.25) is 5.91 Å². The van der Waals surface area contributed by atoms with Crippen molar-refractivity contribution in [3.8, 4) is 0 Å². The van der Waals surface area contributed by atoms with Crippen molar-refractivity contribution in [2.75, 3.05) is 6.61 Å². The Morgan fingerprint density at radius 2 is 1.06 bits per heavy atom. The normalized spacial score (nSPS) is 13.7. The van der Waals surface area contributed by atoms with Gasteiger partial charge in [0.25, 0.3) is 0 Å². The van der Waals surface area contributed by atoms with Crippen LogP contribution in [-0.4, -0.2) is 46.9 Å². The number of carbonyl (C=O) groups excluding carboxylic acids is 2. The summed E-state index contributed by atoms with van der Waals surface area (Å²) in [6, 6.07) is -0.702. The first kappa shape index (κ1) is 46.3. The summed E-state index contributed by atoms with van der Waals surface area (Å²) in [5, 5.41) is 23.4. The predicted octanol–water partition coefficient (Wildman–Crippen LogP) is 11.2. The van der Waals surface area contributed by atoms with Gasteiger partial charge in [0, 0.05) is 6.42 Å². The molecule has 3 unspecified atom stereocenters. The molecule has 0 spiro atoms. The first-order chi connectivity index (χ1) is 23.5. The second kappa shape index (κ2) is 36.6. The van der Waals surface area contributed by atoms with Crippen molar-refractivity contribution in [1.29, 1.82) is 0 Å². The summed E-state index contributed by atoms with van der Waals surface area (Å²) in [5.41, 5.74) is 0. The maximum absolute atomic E-state index is 13.0. The van der Waals surface area contributed by atoms with Crippen LogP contribution in [0, 0.1) is 0 Å². The van der Waals surface area contributed by atoms with Gasteiger partial charge in [-0.25, -0.2) is 0 Å². The second-order valence-corrected chi connectivity index (χ2v) is 14.0. The van der Waals surface area contributed by atoms with E-state index in [1.54, 1.807) is 0 Å². The van der Waals surface area contributed by atoms with Crippen LogP contribution in [0.1, 0.15) is 207 Å². The Labute approximate surface area is 297 Å². The number of unbranched alkanes of at least 4 members (excludes halogenated alkanes) is 20. The lowest BCUT2D eigenvalue weighted by Gasteiger charge is -2.24. The maximum Gasteiger partial charge on any atom is 0.306 e. The van der Waals surface area contributed by atoms with E-state index in [2.05, 4.69) is 44.3 Å². The largest absolute Gasteiger partial charge is 0.462 e. The number of amides is 1. The van der Waals surface area contributed by atoms with Crippen LogP contribution in [0.4, 0.5) is 0 Å². The molecule has 282 valence electrons. The monoisotopic (exact) mass is 678 g/mol. The van der Waals surface area contributed by atoms with Gasteiger partial charge in [-0.15, -0.1) is 0 Å². The number of aliphatic hydroxyl groups excluding tert-OH is 2. The zero-order valence-electron chi connectivity index (χ0n) is 31.9. The van der Waals surface area contributed by atoms with Crippen LogP contribution in [0.2, 0.25) is 0 Å². The van der Waals surface area contributed by atoms with Crippen molar-refractivity contribution >= 4 is 11.9 Å². The highest BCUT2D eigenvalue weighted by molar-refractivity contribution is 5.77. The maximum atomic E-state index is 13.0. The molecule has 3 N–H and O–H groups in total. The van der Waals surface area contributed by atoms with Gasteiger partial charge in [0.15, 0.2) is 0 Å². The Bertz CT molecular complexity index is 767. The Morgan fingerprint density at radius 1 is 0.604 bits per heavy atom. The molecule has 0 aromatic rings. The van der Waals surface area contributed by atoms with Gasteiger partial charge in [-0.2, -0.15) is 0 Å². The third kappa shape index (κ3) is 31.6. The first-order valence-electron chi connectivity index (χ1n) is 20.6. The molecule has 0 rings (SSSR count). The summed E-state index contributed by atoms with van der Waals surface area (Å²) < 4.78 is 5.81. The number of hydrogen-bond acceptors (Lipinski definition) is 5. The minimum Gasteiger partial charge on any atom is -0.462 e. The molecule has 0 saturated heterocycles. The molecule has 0 radical (unpaired) electrons. The third-order valence-corrected chi connectivity index (χ3v) is 9.30. The number of esters is 1. The summed E-state index contributed by atoms with van der Waals surface area (Å²) in [6.07, 6.45) is 38.3. The summed E-state index contributed by atoms with van der Waals surface area (Å²) in [5.74, 6) is -0.559. The fraction of sp³-hybridized carbons (Fsp3) is 0.857. The number of nitrogens with one attached hydrogen (secondary N) is 1. The van der Waals surface area contributed by atoms with Gasteiger partial charge < -0.3 is 20.3 Å². The fourth-order valence-corrected chi connectivity index (χ4v) is 6.13. The van der Waals surface area contributed by atoms with Crippen LogP contribution >= 0.6 is 0 Å². The van der Waals surface area contributed by atoms with Crippen molar-refractivity contribution in [1.82, 2.24) is 5.32 Å².